The van der Waals surface area contributed by atoms with Gasteiger partial charge in [-0.3, -0.25) is 13.9 Å². The van der Waals surface area contributed by atoms with Gasteiger partial charge in [0.25, 0.3) is 5.91 Å². The Hall–Kier alpha value is -1.97. The van der Waals surface area contributed by atoms with Crippen LogP contribution >= 0.6 is 11.9 Å². The second-order valence-corrected chi connectivity index (χ2v) is 5.42. The zero-order chi connectivity index (χ0) is 16.1. The fourth-order valence-electron chi connectivity index (χ4n) is 2.23. The molecule has 1 aliphatic rings. The van der Waals surface area contributed by atoms with Crippen LogP contribution in [-0.2, 0) is 19.1 Å². The number of β-lactam (4-membered cyclic amide) rings is 1. The molecule has 6 heteroatoms. The van der Waals surface area contributed by atoms with Gasteiger partial charge in [-0.15, -0.1) is 0 Å². The molecule has 0 aromatic heterocycles. The van der Waals surface area contributed by atoms with Crippen molar-refractivity contribution in [2.75, 3.05) is 13.4 Å². The summed E-state index contributed by atoms with van der Waals surface area (Å²) in [7, 11) is 1.46. The van der Waals surface area contributed by atoms with Crippen LogP contribution in [0.3, 0.4) is 0 Å². The van der Waals surface area contributed by atoms with E-state index in [-0.39, 0.29) is 5.91 Å². The Balaban J connectivity index is 2.24. The number of carbonyl (C=O) groups excluding carboxylic acids is 2. The average Bonchev–Trinajstić information content (AvgIpc) is 2.50. The monoisotopic (exact) mass is 319 g/mol. The predicted octanol–water partition coefficient (Wildman–Crippen LogP) is 1.47. The molecular weight excluding hydrogens is 302 g/mol. The minimum Gasteiger partial charge on any atom is -0.447 e. The van der Waals surface area contributed by atoms with E-state index in [2.05, 4.69) is 11.8 Å². The lowest BCUT2D eigenvalue weighted by Gasteiger charge is -2.45. The average molecular weight is 319 g/mol. The molecule has 2 rings (SSSR count). The van der Waals surface area contributed by atoms with Gasteiger partial charge in [-0.2, -0.15) is 0 Å². The fourth-order valence-corrected chi connectivity index (χ4v) is 2.98. The number of amides is 1. The van der Waals surface area contributed by atoms with E-state index < -0.39 is 24.2 Å². The molecule has 1 aromatic rings. The van der Waals surface area contributed by atoms with E-state index in [0.717, 1.165) is 5.56 Å². The van der Waals surface area contributed by atoms with Gasteiger partial charge in [0.05, 0.1) is 0 Å². The standard InChI is InChI=1S/C16H17NO4S/c1-11(18)21-13(10-9-12-7-5-4-6-8-12)14-15(20-2)16(19)17(14)22-3/h4-8,13-15H,1-3H3/t13-,14+,15-/m1/s1. The maximum Gasteiger partial charge on any atom is 0.303 e. The lowest BCUT2D eigenvalue weighted by atomic mass is 9.95. The molecule has 0 spiro atoms. The van der Waals surface area contributed by atoms with Crippen LogP contribution < -0.4 is 0 Å². The van der Waals surface area contributed by atoms with Gasteiger partial charge in [0.2, 0.25) is 0 Å². The molecule has 5 nitrogen and oxygen atoms in total. The molecule has 22 heavy (non-hydrogen) atoms. The number of hydrogen-bond donors (Lipinski definition) is 0. The molecule has 3 atom stereocenters. The second-order valence-electron chi connectivity index (χ2n) is 4.66. The summed E-state index contributed by atoms with van der Waals surface area (Å²) in [5, 5.41) is 0. The molecule has 0 unspecified atom stereocenters. The van der Waals surface area contributed by atoms with Gasteiger partial charge in [0.15, 0.2) is 12.2 Å². The highest BCUT2D eigenvalue weighted by atomic mass is 32.2. The first-order chi connectivity index (χ1) is 10.6. The first-order valence-electron chi connectivity index (χ1n) is 6.72. The van der Waals surface area contributed by atoms with Crippen molar-refractivity contribution in [2.45, 2.75) is 25.2 Å². The summed E-state index contributed by atoms with van der Waals surface area (Å²) in [6.07, 6.45) is 0.418. The Morgan fingerprint density at radius 2 is 2.05 bits per heavy atom. The predicted molar refractivity (Wildman–Crippen MR) is 83.8 cm³/mol. The number of hydrogen-bond acceptors (Lipinski definition) is 5. The number of nitrogens with zero attached hydrogens (tertiary/aromatic N) is 1. The van der Waals surface area contributed by atoms with E-state index in [4.69, 9.17) is 9.47 Å². The van der Waals surface area contributed by atoms with Crippen molar-refractivity contribution in [3.05, 3.63) is 35.9 Å². The topological polar surface area (TPSA) is 55.8 Å². The summed E-state index contributed by atoms with van der Waals surface area (Å²) < 4.78 is 12.0. The van der Waals surface area contributed by atoms with Crippen LogP contribution in [-0.4, -0.2) is 47.8 Å². The third-order valence-corrected chi connectivity index (χ3v) is 4.04. The van der Waals surface area contributed by atoms with Crippen LogP contribution in [0.1, 0.15) is 12.5 Å². The van der Waals surface area contributed by atoms with Crippen LogP contribution in [0.15, 0.2) is 30.3 Å². The van der Waals surface area contributed by atoms with Gasteiger partial charge >= 0.3 is 5.97 Å². The van der Waals surface area contributed by atoms with Gasteiger partial charge in [0.1, 0.15) is 6.04 Å². The van der Waals surface area contributed by atoms with Crippen LogP contribution in [0.5, 0.6) is 0 Å². The molecule has 0 saturated carbocycles. The number of benzene rings is 1. The van der Waals surface area contributed by atoms with Gasteiger partial charge < -0.3 is 9.47 Å². The molecule has 0 aliphatic carbocycles. The number of methoxy groups -OCH3 is 1. The van der Waals surface area contributed by atoms with Crippen molar-refractivity contribution in [1.82, 2.24) is 4.31 Å². The highest BCUT2D eigenvalue weighted by molar-refractivity contribution is 7.96. The van der Waals surface area contributed by atoms with E-state index in [9.17, 15) is 9.59 Å². The first-order valence-corrected chi connectivity index (χ1v) is 7.90. The molecule has 0 N–H and O–H groups in total. The van der Waals surface area contributed by atoms with Crippen molar-refractivity contribution < 1.29 is 19.1 Å². The molecule has 1 amide bonds. The Bertz CT molecular complexity index is 594. The van der Waals surface area contributed by atoms with E-state index >= 15 is 0 Å². The largest absolute Gasteiger partial charge is 0.447 e. The molecular formula is C16H17NO4S. The van der Waals surface area contributed by atoms with E-state index in [1.165, 1.54) is 30.3 Å². The van der Waals surface area contributed by atoms with Crippen LogP contribution in [0.25, 0.3) is 0 Å². The van der Waals surface area contributed by atoms with Gasteiger partial charge in [-0.05, 0) is 12.1 Å². The lowest BCUT2D eigenvalue weighted by molar-refractivity contribution is -0.170. The van der Waals surface area contributed by atoms with Crippen LogP contribution in [0.4, 0.5) is 0 Å². The van der Waals surface area contributed by atoms with Gasteiger partial charge in [0, 0.05) is 25.9 Å². The number of carbonyl (C=O) groups is 2. The maximum atomic E-state index is 11.9. The Kier molecular flexibility index (Phi) is 5.47. The van der Waals surface area contributed by atoms with Crippen LogP contribution in [0, 0.1) is 11.8 Å². The molecule has 1 saturated heterocycles. The zero-order valence-electron chi connectivity index (χ0n) is 12.6. The number of rotatable bonds is 4. The zero-order valence-corrected chi connectivity index (χ0v) is 13.4. The summed E-state index contributed by atoms with van der Waals surface area (Å²) in [5.74, 6) is 5.33. The summed E-state index contributed by atoms with van der Waals surface area (Å²) >= 11 is 1.27. The molecule has 1 heterocycles. The van der Waals surface area contributed by atoms with Crippen molar-refractivity contribution in [2.24, 2.45) is 0 Å². The quantitative estimate of drug-likeness (QED) is 0.364. The van der Waals surface area contributed by atoms with Crippen LogP contribution in [0.2, 0.25) is 0 Å². The normalized spacial score (nSPS) is 21.4. The third kappa shape index (κ3) is 3.43. The lowest BCUT2D eigenvalue weighted by Crippen LogP contribution is -2.67. The van der Waals surface area contributed by atoms with Crippen molar-refractivity contribution in [3.63, 3.8) is 0 Å². The van der Waals surface area contributed by atoms with Crippen molar-refractivity contribution >= 4 is 23.8 Å². The summed E-state index contributed by atoms with van der Waals surface area (Å²) in [6.45, 7) is 1.32. The van der Waals surface area contributed by atoms with Crippen molar-refractivity contribution in [1.29, 1.82) is 0 Å². The smallest absolute Gasteiger partial charge is 0.303 e. The molecule has 1 fully saturated rings. The highest BCUT2D eigenvalue weighted by Crippen LogP contribution is 2.32. The Labute approximate surface area is 134 Å². The number of esters is 1. The van der Waals surface area contributed by atoms with E-state index in [0.29, 0.717) is 0 Å². The summed E-state index contributed by atoms with van der Waals surface area (Å²) in [6, 6.07) is 8.98. The fraction of sp³-hybridized carbons (Fsp3) is 0.375. The van der Waals surface area contributed by atoms with E-state index in [1.807, 2.05) is 30.3 Å². The second kappa shape index (κ2) is 7.34. The Morgan fingerprint density at radius 3 is 2.59 bits per heavy atom. The minimum atomic E-state index is -0.729. The van der Waals surface area contributed by atoms with Gasteiger partial charge in [-0.25, -0.2) is 0 Å². The molecule has 0 radical (unpaired) electrons. The third-order valence-electron chi connectivity index (χ3n) is 3.23. The highest BCUT2D eigenvalue weighted by Gasteiger charge is 2.53. The molecule has 116 valence electrons. The molecule has 1 aliphatic heterocycles. The summed E-state index contributed by atoms with van der Waals surface area (Å²) in [5.41, 5.74) is 0.815. The number of ether oxygens (including phenoxy) is 2. The minimum absolute atomic E-state index is 0.140. The molecule has 0 bridgehead atoms. The first kappa shape index (κ1) is 16.4. The Morgan fingerprint density at radius 1 is 1.36 bits per heavy atom. The molecule has 1 aromatic carbocycles. The maximum absolute atomic E-state index is 11.9. The van der Waals surface area contributed by atoms with E-state index in [1.54, 1.807) is 6.26 Å². The summed E-state index contributed by atoms with van der Waals surface area (Å²) in [4.78, 5) is 23.2. The van der Waals surface area contributed by atoms with Gasteiger partial charge in [-0.1, -0.05) is 42.0 Å². The van der Waals surface area contributed by atoms with Crippen molar-refractivity contribution in [3.8, 4) is 11.8 Å². The SMILES string of the molecule is CO[C@H]1C(=O)N(SC)[C@H]1[C@@H](C#Cc1ccccc1)OC(C)=O.